The molecule has 0 bridgehead atoms. The summed E-state index contributed by atoms with van der Waals surface area (Å²) in [5, 5.41) is 4.01. The molecule has 1 fully saturated rings. The van der Waals surface area contributed by atoms with Crippen LogP contribution in [0.2, 0.25) is 0 Å². The summed E-state index contributed by atoms with van der Waals surface area (Å²) in [4.78, 5) is 4.48. The van der Waals surface area contributed by atoms with E-state index in [1.54, 1.807) is 0 Å². The summed E-state index contributed by atoms with van der Waals surface area (Å²) in [6, 6.07) is -0.0764. The molecule has 0 saturated heterocycles. The molecule has 0 spiro atoms. The third kappa shape index (κ3) is 2.12. The van der Waals surface area contributed by atoms with Gasteiger partial charge in [-0.1, -0.05) is 38.3 Å². The van der Waals surface area contributed by atoms with Gasteiger partial charge >= 0.3 is 0 Å². The molecule has 1 heterocycles. The lowest BCUT2D eigenvalue weighted by atomic mass is 9.89. The molecule has 1 unspecified atom stereocenters. The maximum Gasteiger partial charge on any atom is 0.232 e. The molecule has 0 aliphatic heterocycles. The SMILES string of the molecule is CCCC(N)c1noc(C2(C)CCCC2)n1. The molecule has 1 aromatic rings. The van der Waals surface area contributed by atoms with Crippen molar-refractivity contribution in [3.63, 3.8) is 0 Å². The first-order chi connectivity index (χ1) is 7.65. The van der Waals surface area contributed by atoms with Crippen molar-refractivity contribution in [1.82, 2.24) is 10.1 Å². The summed E-state index contributed by atoms with van der Waals surface area (Å²) in [7, 11) is 0. The Labute approximate surface area is 96.6 Å². The van der Waals surface area contributed by atoms with E-state index < -0.39 is 0 Å². The first-order valence-corrected chi connectivity index (χ1v) is 6.25. The predicted molar refractivity (Wildman–Crippen MR) is 62.0 cm³/mol. The average Bonchev–Trinajstić information content (AvgIpc) is 2.86. The molecule has 1 aromatic heterocycles. The third-order valence-corrected chi connectivity index (χ3v) is 3.60. The Morgan fingerprint density at radius 2 is 2.12 bits per heavy atom. The molecule has 4 heteroatoms. The van der Waals surface area contributed by atoms with Crippen molar-refractivity contribution in [2.45, 2.75) is 63.8 Å². The fourth-order valence-corrected chi connectivity index (χ4v) is 2.44. The van der Waals surface area contributed by atoms with E-state index >= 15 is 0 Å². The van der Waals surface area contributed by atoms with E-state index in [0.717, 1.165) is 31.6 Å². The molecular weight excluding hydrogens is 202 g/mol. The fraction of sp³-hybridized carbons (Fsp3) is 0.833. The van der Waals surface area contributed by atoms with Gasteiger partial charge in [0.25, 0.3) is 0 Å². The minimum absolute atomic E-state index is 0.0764. The van der Waals surface area contributed by atoms with Gasteiger partial charge in [-0.15, -0.1) is 0 Å². The lowest BCUT2D eigenvalue weighted by molar-refractivity contribution is 0.293. The van der Waals surface area contributed by atoms with Gasteiger partial charge in [0, 0.05) is 5.41 Å². The molecule has 1 aliphatic rings. The normalized spacial score (nSPS) is 21.2. The quantitative estimate of drug-likeness (QED) is 0.852. The Balaban J connectivity index is 2.12. The standard InChI is InChI=1S/C12H21N3O/c1-3-6-9(13)10-14-11(16-15-10)12(2)7-4-5-8-12/h9H,3-8,13H2,1-2H3. The molecule has 2 N–H and O–H groups in total. The van der Waals surface area contributed by atoms with Gasteiger partial charge in [-0.25, -0.2) is 0 Å². The summed E-state index contributed by atoms with van der Waals surface area (Å²) >= 11 is 0. The van der Waals surface area contributed by atoms with Crippen LogP contribution in [-0.4, -0.2) is 10.1 Å². The van der Waals surface area contributed by atoms with Crippen LogP contribution in [0, 0.1) is 0 Å². The monoisotopic (exact) mass is 223 g/mol. The summed E-state index contributed by atoms with van der Waals surface area (Å²) in [5.74, 6) is 1.46. The van der Waals surface area contributed by atoms with Gasteiger partial charge in [0.2, 0.25) is 5.89 Å². The van der Waals surface area contributed by atoms with Crippen LogP contribution in [-0.2, 0) is 5.41 Å². The van der Waals surface area contributed by atoms with Crippen LogP contribution >= 0.6 is 0 Å². The summed E-state index contributed by atoms with van der Waals surface area (Å²) in [5.41, 5.74) is 6.07. The average molecular weight is 223 g/mol. The summed E-state index contributed by atoms with van der Waals surface area (Å²) in [6.07, 6.45) is 6.78. The van der Waals surface area contributed by atoms with Crippen molar-refractivity contribution >= 4 is 0 Å². The lowest BCUT2D eigenvalue weighted by Crippen LogP contribution is -2.18. The van der Waals surface area contributed by atoms with E-state index in [4.69, 9.17) is 10.3 Å². The van der Waals surface area contributed by atoms with E-state index in [-0.39, 0.29) is 11.5 Å². The molecule has 0 radical (unpaired) electrons. The summed E-state index contributed by atoms with van der Waals surface area (Å²) < 4.78 is 5.38. The van der Waals surface area contributed by atoms with E-state index in [1.807, 2.05) is 0 Å². The van der Waals surface area contributed by atoms with Crippen molar-refractivity contribution in [2.24, 2.45) is 5.73 Å². The Morgan fingerprint density at radius 3 is 2.75 bits per heavy atom. The van der Waals surface area contributed by atoms with Gasteiger partial charge in [0.15, 0.2) is 5.82 Å². The molecule has 0 aromatic carbocycles. The van der Waals surface area contributed by atoms with Crippen LogP contribution in [0.5, 0.6) is 0 Å². The smallest absolute Gasteiger partial charge is 0.232 e. The molecule has 1 saturated carbocycles. The zero-order chi connectivity index (χ0) is 11.6. The topological polar surface area (TPSA) is 64.9 Å². The van der Waals surface area contributed by atoms with Crippen molar-refractivity contribution in [3.8, 4) is 0 Å². The van der Waals surface area contributed by atoms with Gasteiger partial charge in [-0.3, -0.25) is 0 Å². The van der Waals surface area contributed by atoms with E-state index in [9.17, 15) is 0 Å². The second kappa shape index (κ2) is 4.53. The van der Waals surface area contributed by atoms with Crippen LogP contribution in [0.3, 0.4) is 0 Å². The number of rotatable bonds is 4. The van der Waals surface area contributed by atoms with E-state index in [1.165, 1.54) is 12.8 Å². The van der Waals surface area contributed by atoms with Crippen LogP contribution in [0.15, 0.2) is 4.52 Å². The highest BCUT2D eigenvalue weighted by Crippen LogP contribution is 2.39. The Morgan fingerprint density at radius 1 is 1.44 bits per heavy atom. The molecular formula is C12H21N3O. The number of hydrogen-bond donors (Lipinski definition) is 1. The fourth-order valence-electron chi connectivity index (χ4n) is 2.44. The third-order valence-electron chi connectivity index (χ3n) is 3.60. The van der Waals surface area contributed by atoms with Crippen LogP contribution in [0.25, 0.3) is 0 Å². The second-order valence-electron chi connectivity index (χ2n) is 5.12. The zero-order valence-electron chi connectivity index (χ0n) is 10.2. The minimum atomic E-state index is -0.0764. The highest BCUT2D eigenvalue weighted by atomic mass is 16.5. The number of nitrogens with zero attached hydrogens (tertiary/aromatic N) is 2. The number of aromatic nitrogens is 2. The lowest BCUT2D eigenvalue weighted by Gasteiger charge is -2.17. The number of nitrogens with two attached hydrogens (primary N) is 1. The van der Waals surface area contributed by atoms with Gasteiger partial charge in [-0.2, -0.15) is 4.98 Å². The van der Waals surface area contributed by atoms with Gasteiger partial charge in [0.1, 0.15) is 0 Å². The van der Waals surface area contributed by atoms with Crippen molar-refractivity contribution in [3.05, 3.63) is 11.7 Å². The maximum absolute atomic E-state index is 5.98. The molecule has 16 heavy (non-hydrogen) atoms. The molecule has 4 nitrogen and oxygen atoms in total. The van der Waals surface area contributed by atoms with Gasteiger partial charge in [-0.05, 0) is 19.3 Å². The molecule has 0 amide bonds. The maximum atomic E-state index is 5.98. The molecule has 1 aliphatic carbocycles. The first kappa shape index (κ1) is 11.6. The van der Waals surface area contributed by atoms with Crippen molar-refractivity contribution in [1.29, 1.82) is 0 Å². The van der Waals surface area contributed by atoms with E-state index in [2.05, 4.69) is 24.0 Å². The van der Waals surface area contributed by atoms with Crippen LogP contribution in [0.4, 0.5) is 0 Å². The molecule has 2 rings (SSSR count). The van der Waals surface area contributed by atoms with Crippen molar-refractivity contribution < 1.29 is 4.52 Å². The molecule has 1 atom stereocenters. The Kier molecular flexibility index (Phi) is 3.28. The largest absolute Gasteiger partial charge is 0.339 e. The molecule has 90 valence electrons. The van der Waals surface area contributed by atoms with Crippen LogP contribution < -0.4 is 5.73 Å². The number of hydrogen-bond acceptors (Lipinski definition) is 4. The zero-order valence-corrected chi connectivity index (χ0v) is 10.2. The van der Waals surface area contributed by atoms with Crippen LogP contribution in [0.1, 0.15) is 70.1 Å². The van der Waals surface area contributed by atoms with Crippen molar-refractivity contribution in [2.75, 3.05) is 0 Å². The van der Waals surface area contributed by atoms with Gasteiger partial charge < -0.3 is 10.3 Å². The minimum Gasteiger partial charge on any atom is -0.339 e. The Hall–Kier alpha value is -0.900. The predicted octanol–water partition coefficient (Wildman–Crippen LogP) is 2.70. The highest BCUT2D eigenvalue weighted by Gasteiger charge is 2.36. The Bertz CT molecular complexity index is 342. The van der Waals surface area contributed by atoms with Gasteiger partial charge in [0.05, 0.1) is 6.04 Å². The van der Waals surface area contributed by atoms with E-state index in [0.29, 0.717) is 5.82 Å². The second-order valence-corrected chi connectivity index (χ2v) is 5.12. The highest BCUT2D eigenvalue weighted by molar-refractivity contribution is 5.06. The summed E-state index contributed by atoms with van der Waals surface area (Å²) in [6.45, 7) is 4.32. The first-order valence-electron chi connectivity index (χ1n) is 6.25.